The van der Waals surface area contributed by atoms with Gasteiger partial charge in [-0.25, -0.2) is 4.79 Å². The van der Waals surface area contributed by atoms with Crippen molar-refractivity contribution < 1.29 is 14.3 Å². The molecule has 0 saturated carbocycles. The van der Waals surface area contributed by atoms with E-state index in [-0.39, 0.29) is 12.4 Å². The third-order valence-corrected chi connectivity index (χ3v) is 4.10. The van der Waals surface area contributed by atoms with Crippen LogP contribution in [-0.2, 0) is 4.74 Å². The van der Waals surface area contributed by atoms with Crippen LogP contribution in [0.25, 0.3) is 0 Å². The summed E-state index contributed by atoms with van der Waals surface area (Å²) in [4.78, 5) is 24.8. The summed E-state index contributed by atoms with van der Waals surface area (Å²) in [6.07, 6.45) is 1.89. The predicted molar refractivity (Wildman–Crippen MR) is 87.0 cm³/mol. The van der Waals surface area contributed by atoms with E-state index >= 15 is 0 Å². The van der Waals surface area contributed by atoms with Crippen LogP contribution in [0, 0.1) is 0 Å². The lowest BCUT2D eigenvalue weighted by atomic mass is 10.1. The van der Waals surface area contributed by atoms with Crippen LogP contribution in [-0.4, -0.2) is 24.6 Å². The number of Topliss-reactive ketones (excluding diaryl/α,β-unsaturated/α-hetero) is 1. The Labute approximate surface area is 135 Å². The zero-order chi connectivity index (χ0) is 15.2. The Balaban J connectivity index is 2.02. The molecule has 0 aromatic heterocycles. The van der Waals surface area contributed by atoms with Gasteiger partial charge < -0.3 is 4.74 Å². The molecule has 0 aliphatic rings. The first-order valence-corrected chi connectivity index (χ1v) is 8.22. The topological polar surface area (TPSA) is 43.4 Å². The summed E-state index contributed by atoms with van der Waals surface area (Å²) in [5.41, 5.74) is 0.988. The van der Waals surface area contributed by atoms with Crippen molar-refractivity contribution in [3.63, 3.8) is 0 Å². The summed E-state index contributed by atoms with van der Waals surface area (Å²) < 4.78 is 5.92. The molecule has 5 heteroatoms. The number of ketones is 1. The molecule has 2 rings (SSSR count). The van der Waals surface area contributed by atoms with E-state index in [1.165, 1.54) is 11.8 Å². The Hall–Kier alpha value is -1.59. The molecule has 0 N–H and O–H groups in total. The smallest absolute Gasteiger partial charge is 0.339 e. The molecule has 0 aliphatic carbocycles. The molecule has 0 unspecified atom stereocenters. The van der Waals surface area contributed by atoms with Gasteiger partial charge in [0.1, 0.15) is 0 Å². The first-order valence-electron chi connectivity index (χ1n) is 6.20. The molecule has 21 heavy (non-hydrogen) atoms. The number of hydrogen-bond acceptors (Lipinski definition) is 4. The van der Waals surface area contributed by atoms with Crippen molar-refractivity contribution in [3.8, 4) is 0 Å². The summed E-state index contributed by atoms with van der Waals surface area (Å²) in [6, 6.07) is 14.2. The number of thioether (sulfide) groups is 1. The second-order valence-electron chi connectivity index (χ2n) is 4.21. The zero-order valence-corrected chi connectivity index (χ0v) is 13.7. The highest BCUT2D eigenvalue weighted by Gasteiger charge is 2.14. The van der Waals surface area contributed by atoms with Crippen molar-refractivity contribution in [2.75, 3.05) is 12.9 Å². The molecule has 0 saturated heterocycles. The standard InChI is InChI=1S/C16H13BrO3S/c1-21-15-8-3-2-7-13(15)16(19)20-10-14(18)11-5-4-6-12(17)9-11/h2-9H,10H2,1H3. The molecule has 0 fully saturated rings. The van der Waals surface area contributed by atoms with Crippen LogP contribution in [0.3, 0.4) is 0 Å². The van der Waals surface area contributed by atoms with Crippen LogP contribution in [0.1, 0.15) is 20.7 Å². The number of ether oxygens (including phenoxy) is 1. The minimum atomic E-state index is -0.483. The summed E-state index contributed by atoms with van der Waals surface area (Å²) in [6.45, 7) is -0.266. The van der Waals surface area contributed by atoms with Gasteiger partial charge in [-0.3, -0.25) is 4.79 Å². The fraction of sp³-hybridized carbons (Fsp3) is 0.125. The normalized spacial score (nSPS) is 10.2. The van der Waals surface area contributed by atoms with Crippen molar-refractivity contribution in [2.24, 2.45) is 0 Å². The van der Waals surface area contributed by atoms with Gasteiger partial charge in [-0.05, 0) is 30.5 Å². The molecular weight excluding hydrogens is 352 g/mol. The minimum absolute atomic E-state index is 0.230. The van der Waals surface area contributed by atoms with Gasteiger partial charge >= 0.3 is 5.97 Å². The van der Waals surface area contributed by atoms with Gasteiger partial charge in [0.15, 0.2) is 12.4 Å². The highest BCUT2D eigenvalue weighted by atomic mass is 79.9. The van der Waals surface area contributed by atoms with Gasteiger partial charge in [0.25, 0.3) is 0 Å². The molecular formula is C16H13BrO3S. The number of carbonyl (C=O) groups is 2. The molecule has 0 spiro atoms. The van der Waals surface area contributed by atoms with Crippen molar-refractivity contribution in [2.45, 2.75) is 4.90 Å². The average molecular weight is 365 g/mol. The van der Waals surface area contributed by atoms with Crippen LogP contribution in [0.2, 0.25) is 0 Å². The molecule has 3 nitrogen and oxygen atoms in total. The number of esters is 1. The second-order valence-corrected chi connectivity index (χ2v) is 5.97. The molecule has 2 aromatic rings. The second kappa shape index (κ2) is 7.43. The molecule has 2 aromatic carbocycles. The highest BCUT2D eigenvalue weighted by Crippen LogP contribution is 2.20. The maximum atomic E-state index is 12.0. The van der Waals surface area contributed by atoms with Crippen LogP contribution >= 0.6 is 27.7 Å². The summed E-state index contributed by atoms with van der Waals surface area (Å²) >= 11 is 4.77. The van der Waals surface area contributed by atoms with Gasteiger partial charge in [0.2, 0.25) is 0 Å². The van der Waals surface area contributed by atoms with Gasteiger partial charge in [0, 0.05) is 14.9 Å². The number of rotatable bonds is 5. The Bertz CT molecular complexity index is 670. The van der Waals surface area contributed by atoms with Gasteiger partial charge in [-0.15, -0.1) is 11.8 Å². The highest BCUT2D eigenvalue weighted by molar-refractivity contribution is 9.10. The lowest BCUT2D eigenvalue weighted by Crippen LogP contribution is -2.14. The number of benzene rings is 2. The molecule has 0 aliphatic heterocycles. The third kappa shape index (κ3) is 4.19. The van der Waals surface area contributed by atoms with Crippen molar-refractivity contribution in [1.29, 1.82) is 0 Å². The monoisotopic (exact) mass is 364 g/mol. The summed E-state index contributed by atoms with van der Waals surface area (Å²) in [5, 5.41) is 0. The van der Waals surface area contributed by atoms with Crippen molar-refractivity contribution in [3.05, 3.63) is 64.1 Å². The quantitative estimate of drug-likeness (QED) is 0.452. The number of carbonyl (C=O) groups excluding carboxylic acids is 2. The Morgan fingerprint density at radius 3 is 2.62 bits per heavy atom. The number of halogens is 1. The van der Waals surface area contributed by atoms with E-state index in [2.05, 4.69) is 15.9 Å². The fourth-order valence-electron chi connectivity index (χ4n) is 1.77. The van der Waals surface area contributed by atoms with Crippen LogP contribution in [0.5, 0.6) is 0 Å². The van der Waals surface area contributed by atoms with Gasteiger partial charge in [-0.2, -0.15) is 0 Å². The first-order chi connectivity index (χ1) is 10.1. The van der Waals surface area contributed by atoms with E-state index in [0.29, 0.717) is 11.1 Å². The SMILES string of the molecule is CSc1ccccc1C(=O)OCC(=O)c1cccc(Br)c1. The van der Waals surface area contributed by atoms with E-state index in [4.69, 9.17) is 4.74 Å². The van der Waals surface area contributed by atoms with E-state index in [1.807, 2.05) is 24.5 Å². The molecule has 108 valence electrons. The molecule has 0 heterocycles. The maximum Gasteiger partial charge on any atom is 0.339 e. The van der Waals surface area contributed by atoms with Crippen LogP contribution in [0.15, 0.2) is 57.9 Å². The van der Waals surface area contributed by atoms with Crippen molar-refractivity contribution >= 4 is 39.4 Å². The third-order valence-electron chi connectivity index (χ3n) is 2.81. The average Bonchev–Trinajstić information content (AvgIpc) is 2.52. The molecule has 0 amide bonds. The van der Waals surface area contributed by atoms with E-state index in [1.54, 1.807) is 30.3 Å². The lowest BCUT2D eigenvalue weighted by Gasteiger charge is -2.07. The molecule has 0 radical (unpaired) electrons. The largest absolute Gasteiger partial charge is 0.454 e. The minimum Gasteiger partial charge on any atom is -0.454 e. The summed E-state index contributed by atoms with van der Waals surface area (Å²) in [5.74, 6) is -0.713. The Morgan fingerprint density at radius 1 is 1.14 bits per heavy atom. The van der Waals surface area contributed by atoms with E-state index in [0.717, 1.165) is 9.37 Å². The number of hydrogen-bond donors (Lipinski definition) is 0. The van der Waals surface area contributed by atoms with Crippen LogP contribution in [0.4, 0.5) is 0 Å². The maximum absolute atomic E-state index is 12.0. The first kappa shape index (κ1) is 15.8. The molecule has 0 atom stereocenters. The zero-order valence-electron chi connectivity index (χ0n) is 11.3. The molecule has 0 bridgehead atoms. The van der Waals surface area contributed by atoms with E-state index < -0.39 is 5.97 Å². The van der Waals surface area contributed by atoms with E-state index in [9.17, 15) is 9.59 Å². The predicted octanol–water partition coefficient (Wildman–Crippen LogP) is 4.21. The summed E-state index contributed by atoms with van der Waals surface area (Å²) in [7, 11) is 0. The fourth-order valence-corrected chi connectivity index (χ4v) is 2.75. The Morgan fingerprint density at radius 2 is 1.90 bits per heavy atom. The van der Waals surface area contributed by atoms with Gasteiger partial charge in [-0.1, -0.05) is 40.2 Å². The van der Waals surface area contributed by atoms with Crippen LogP contribution < -0.4 is 0 Å². The Kier molecular flexibility index (Phi) is 5.59. The lowest BCUT2D eigenvalue weighted by molar-refractivity contribution is 0.0471. The van der Waals surface area contributed by atoms with Gasteiger partial charge in [0.05, 0.1) is 5.56 Å². The van der Waals surface area contributed by atoms with Crippen molar-refractivity contribution in [1.82, 2.24) is 0 Å².